The molecule has 0 spiro atoms. The van der Waals surface area contributed by atoms with E-state index >= 15 is 0 Å². The lowest BCUT2D eigenvalue weighted by atomic mass is 9.90. The highest BCUT2D eigenvalue weighted by molar-refractivity contribution is 5.63. The van der Waals surface area contributed by atoms with Crippen molar-refractivity contribution in [2.45, 2.75) is 25.4 Å². The van der Waals surface area contributed by atoms with Gasteiger partial charge in [-0.3, -0.25) is 0 Å². The summed E-state index contributed by atoms with van der Waals surface area (Å²) in [5.74, 6) is 1.55. The summed E-state index contributed by atoms with van der Waals surface area (Å²) in [4.78, 5) is 2.37. The first-order valence-corrected chi connectivity index (χ1v) is 11.0. The lowest BCUT2D eigenvalue weighted by molar-refractivity contribution is 0.0550. The second kappa shape index (κ2) is 10.4. The number of ether oxygens (including phenoxy) is 1. The molecule has 0 amide bonds. The first-order valence-electron chi connectivity index (χ1n) is 11.0. The van der Waals surface area contributed by atoms with Crippen LogP contribution in [0.25, 0.3) is 11.1 Å². The van der Waals surface area contributed by atoms with E-state index in [1.54, 1.807) is 0 Å². The predicted octanol–water partition coefficient (Wildman–Crippen LogP) is 5.05. The highest BCUT2D eigenvalue weighted by Gasteiger charge is 2.21. The van der Waals surface area contributed by atoms with Crippen molar-refractivity contribution in [2.24, 2.45) is 5.92 Å². The summed E-state index contributed by atoms with van der Waals surface area (Å²) >= 11 is 0. The molecule has 4 rings (SSSR count). The number of rotatable bonds is 8. The van der Waals surface area contributed by atoms with Gasteiger partial charge in [0.1, 0.15) is 18.5 Å². The van der Waals surface area contributed by atoms with Gasteiger partial charge in [0.05, 0.1) is 0 Å². The molecule has 0 aromatic heterocycles. The Kier molecular flexibility index (Phi) is 7.17. The van der Waals surface area contributed by atoms with E-state index in [4.69, 9.17) is 4.74 Å². The Morgan fingerprint density at radius 3 is 2.07 bits per heavy atom. The van der Waals surface area contributed by atoms with Crippen LogP contribution in [0.5, 0.6) is 5.75 Å². The van der Waals surface area contributed by atoms with E-state index < -0.39 is 6.10 Å². The predicted molar refractivity (Wildman–Crippen MR) is 123 cm³/mol. The molecular weight excluding hydrogens is 370 g/mol. The van der Waals surface area contributed by atoms with Crippen molar-refractivity contribution in [1.82, 2.24) is 4.90 Å². The molecular formula is C27H31NO2. The standard InChI is InChI=1S/C27H31NO2/c29-26(20-28-17-15-23(16-18-28)19-22-7-3-1-4-8-22)21-30-27-13-11-25(12-14-27)24-9-5-2-6-10-24/h1-14,23,26,29H,15-21H2/t26-/m1/s1. The third kappa shape index (κ3) is 5.94. The SMILES string of the molecule is O[C@@H](COc1ccc(-c2ccccc2)cc1)CN1CCC(Cc2ccccc2)CC1. The first-order chi connectivity index (χ1) is 14.8. The lowest BCUT2D eigenvalue weighted by Gasteiger charge is -2.33. The second-order valence-corrected chi connectivity index (χ2v) is 8.29. The van der Waals surface area contributed by atoms with Gasteiger partial charge in [0.25, 0.3) is 0 Å². The molecule has 0 bridgehead atoms. The summed E-state index contributed by atoms with van der Waals surface area (Å²) in [6.45, 7) is 3.12. The number of aliphatic hydroxyl groups is 1. The fourth-order valence-corrected chi connectivity index (χ4v) is 4.24. The molecule has 0 saturated carbocycles. The number of likely N-dealkylation sites (tertiary alicyclic amines) is 1. The van der Waals surface area contributed by atoms with Crippen LogP contribution in [0.2, 0.25) is 0 Å². The number of hydrogen-bond acceptors (Lipinski definition) is 3. The highest BCUT2D eigenvalue weighted by atomic mass is 16.5. The molecule has 0 unspecified atom stereocenters. The van der Waals surface area contributed by atoms with Crippen molar-refractivity contribution in [3.63, 3.8) is 0 Å². The fourth-order valence-electron chi connectivity index (χ4n) is 4.24. The maximum Gasteiger partial charge on any atom is 0.119 e. The molecule has 3 aromatic rings. The van der Waals surface area contributed by atoms with Gasteiger partial charge in [-0.1, -0.05) is 72.8 Å². The van der Waals surface area contributed by atoms with Gasteiger partial charge in [-0.05, 0) is 67.1 Å². The van der Waals surface area contributed by atoms with Gasteiger partial charge in [-0.2, -0.15) is 0 Å². The van der Waals surface area contributed by atoms with E-state index in [2.05, 4.69) is 59.5 Å². The molecule has 1 saturated heterocycles. The molecule has 0 aliphatic carbocycles. The van der Waals surface area contributed by atoms with Gasteiger partial charge in [-0.15, -0.1) is 0 Å². The van der Waals surface area contributed by atoms with Crippen LogP contribution in [-0.2, 0) is 6.42 Å². The molecule has 1 atom stereocenters. The Bertz CT molecular complexity index is 872. The maximum atomic E-state index is 10.4. The minimum atomic E-state index is -0.468. The summed E-state index contributed by atoms with van der Waals surface area (Å²) in [7, 11) is 0. The van der Waals surface area contributed by atoms with E-state index in [1.807, 2.05) is 30.3 Å². The largest absolute Gasteiger partial charge is 0.491 e. The molecule has 1 heterocycles. The topological polar surface area (TPSA) is 32.7 Å². The first kappa shape index (κ1) is 20.6. The third-order valence-corrected chi connectivity index (χ3v) is 5.95. The number of nitrogens with zero attached hydrogens (tertiary/aromatic N) is 1. The molecule has 1 fully saturated rings. The zero-order chi connectivity index (χ0) is 20.6. The maximum absolute atomic E-state index is 10.4. The zero-order valence-corrected chi connectivity index (χ0v) is 17.5. The molecule has 3 heteroatoms. The van der Waals surface area contributed by atoms with Crippen molar-refractivity contribution >= 4 is 0 Å². The normalized spacial score (nSPS) is 16.3. The van der Waals surface area contributed by atoms with Crippen molar-refractivity contribution in [3.8, 4) is 16.9 Å². The van der Waals surface area contributed by atoms with Crippen LogP contribution >= 0.6 is 0 Å². The molecule has 3 aromatic carbocycles. The molecule has 1 N–H and O–H groups in total. The van der Waals surface area contributed by atoms with Crippen molar-refractivity contribution < 1.29 is 9.84 Å². The Morgan fingerprint density at radius 1 is 0.800 bits per heavy atom. The molecule has 156 valence electrons. The Morgan fingerprint density at radius 2 is 1.40 bits per heavy atom. The van der Waals surface area contributed by atoms with Gasteiger partial charge in [-0.25, -0.2) is 0 Å². The van der Waals surface area contributed by atoms with E-state index in [1.165, 1.54) is 36.0 Å². The van der Waals surface area contributed by atoms with E-state index in [9.17, 15) is 5.11 Å². The zero-order valence-electron chi connectivity index (χ0n) is 17.5. The fraction of sp³-hybridized carbons (Fsp3) is 0.333. The van der Waals surface area contributed by atoms with Crippen molar-refractivity contribution in [3.05, 3.63) is 90.5 Å². The molecule has 1 aliphatic rings. The number of piperidine rings is 1. The van der Waals surface area contributed by atoms with E-state index in [0.717, 1.165) is 24.8 Å². The van der Waals surface area contributed by atoms with Crippen molar-refractivity contribution in [2.75, 3.05) is 26.2 Å². The second-order valence-electron chi connectivity index (χ2n) is 8.29. The van der Waals surface area contributed by atoms with Crippen molar-refractivity contribution in [1.29, 1.82) is 0 Å². The van der Waals surface area contributed by atoms with Gasteiger partial charge < -0.3 is 14.7 Å². The highest BCUT2D eigenvalue weighted by Crippen LogP contribution is 2.23. The molecule has 30 heavy (non-hydrogen) atoms. The summed E-state index contributed by atoms with van der Waals surface area (Å²) < 4.78 is 5.82. The van der Waals surface area contributed by atoms with E-state index in [0.29, 0.717) is 13.2 Å². The Balaban J connectivity index is 1.18. The summed E-state index contributed by atoms with van der Waals surface area (Å²) in [5, 5.41) is 10.4. The molecule has 0 radical (unpaired) electrons. The van der Waals surface area contributed by atoms with Crippen LogP contribution in [-0.4, -0.2) is 42.4 Å². The number of aliphatic hydroxyl groups excluding tert-OH is 1. The smallest absolute Gasteiger partial charge is 0.119 e. The lowest BCUT2D eigenvalue weighted by Crippen LogP contribution is -2.41. The quantitative estimate of drug-likeness (QED) is 0.573. The van der Waals surface area contributed by atoms with Crippen LogP contribution in [0.15, 0.2) is 84.9 Å². The number of hydrogen-bond donors (Lipinski definition) is 1. The summed E-state index contributed by atoms with van der Waals surface area (Å²) in [5.41, 5.74) is 3.80. The number of benzene rings is 3. The minimum Gasteiger partial charge on any atom is -0.491 e. The monoisotopic (exact) mass is 401 g/mol. The van der Waals surface area contributed by atoms with Gasteiger partial charge >= 0.3 is 0 Å². The Labute approximate surface area is 179 Å². The van der Waals surface area contributed by atoms with Gasteiger partial charge in [0.2, 0.25) is 0 Å². The van der Waals surface area contributed by atoms with Crippen LogP contribution in [0, 0.1) is 5.92 Å². The van der Waals surface area contributed by atoms with Crippen LogP contribution in [0.4, 0.5) is 0 Å². The average Bonchev–Trinajstić information content (AvgIpc) is 2.81. The number of β-amino-alcohol motifs (C(OH)–C–C–N with tert-alkyl or cyclic N) is 1. The molecule has 3 nitrogen and oxygen atoms in total. The summed E-state index contributed by atoms with van der Waals surface area (Å²) in [6, 6.07) is 29.1. The summed E-state index contributed by atoms with van der Waals surface area (Å²) in [6.07, 6.45) is 3.09. The van der Waals surface area contributed by atoms with Crippen LogP contribution in [0.1, 0.15) is 18.4 Å². The van der Waals surface area contributed by atoms with E-state index in [-0.39, 0.29) is 0 Å². The van der Waals surface area contributed by atoms with Gasteiger partial charge in [0.15, 0.2) is 0 Å². The average molecular weight is 402 g/mol. The third-order valence-electron chi connectivity index (χ3n) is 5.95. The van der Waals surface area contributed by atoms with Gasteiger partial charge in [0, 0.05) is 6.54 Å². The minimum absolute atomic E-state index is 0.328. The Hall–Kier alpha value is -2.62. The van der Waals surface area contributed by atoms with Crippen LogP contribution in [0.3, 0.4) is 0 Å². The molecule has 1 aliphatic heterocycles. The van der Waals surface area contributed by atoms with Crippen LogP contribution < -0.4 is 4.74 Å².